The van der Waals surface area contributed by atoms with Crippen molar-refractivity contribution >= 4 is 17.7 Å². The zero-order chi connectivity index (χ0) is 15.2. The van der Waals surface area contributed by atoms with Gasteiger partial charge in [0.2, 0.25) is 0 Å². The number of pyridine rings is 1. The number of nitrogens with zero attached hydrogens (tertiary/aromatic N) is 1. The highest BCUT2D eigenvalue weighted by Gasteiger charge is 2.06. The Kier molecular flexibility index (Phi) is 4.50. The second kappa shape index (κ2) is 6.51. The van der Waals surface area contributed by atoms with Crippen molar-refractivity contribution in [2.45, 2.75) is 6.92 Å². The minimum Gasteiger partial charge on any atom is -0.484 e. The quantitative estimate of drug-likeness (QED) is 0.878. The molecule has 0 bridgehead atoms. The van der Waals surface area contributed by atoms with E-state index in [1.54, 1.807) is 12.1 Å². The Morgan fingerprint density at radius 1 is 1.19 bits per heavy atom. The number of nitrogens with one attached hydrogen (secondary N) is 1. The molecule has 2 N–H and O–H groups in total. The summed E-state index contributed by atoms with van der Waals surface area (Å²) in [6, 6.07) is 10.1. The van der Waals surface area contributed by atoms with Crippen LogP contribution in [0.2, 0.25) is 0 Å². The lowest BCUT2D eigenvalue weighted by Gasteiger charge is -2.07. The van der Waals surface area contributed by atoms with Gasteiger partial charge in [-0.05, 0) is 31.2 Å². The van der Waals surface area contributed by atoms with Crippen LogP contribution in [0.1, 0.15) is 15.9 Å². The minimum atomic E-state index is -1.07. The van der Waals surface area contributed by atoms with Crippen LogP contribution < -0.4 is 10.1 Å². The van der Waals surface area contributed by atoms with Crippen molar-refractivity contribution in [3.8, 4) is 5.75 Å². The highest BCUT2D eigenvalue weighted by molar-refractivity contribution is 5.92. The summed E-state index contributed by atoms with van der Waals surface area (Å²) in [6.07, 6.45) is 1.18. The molecule has 21 heavy (non-hydrogen) atoms. The van der Waals surface area contributed by atoms with Crippen LogP contribution in [0.25, 0.3) is 0 Å². The number of benzene rings is 1. The number of hydrogen-bond donors (Lipinski definition) is 2. The molecular formula is C15H14N2O4. The third kappa shape index (κ3) is 4.31. The van der Waals surface area contributed by atoms with Gasteiger partial charge in [-0.1, -0.05) is 17.7 Å². The van der Waals surface area contributed by atoms with Crippen molar-refractivity contribution in [3.05, 3.63) is 53.7 Å². The molecule has 2 rings (SSSR count). The van der Waals surface area contributed by atoms with Crippen molar-refractivity contribution < 1.29 is 19.4 Å². The summed E-state index contributed by atoms with van der Waals surface area (Å²) >= 11 is 0. The first kappa shape index (κ1) is 14.5. The fourth-order valence-corrected chi connectivity index (χ4v) is 1.56. The molecule has 6 nitrogen and oxygen atoms in total. The number of rotatable bonds is 5. The van der Waals surface area contributed by atoms with Gasteiger partial charge in [0.25, 0.3) is 5.91 Å². The molecular weight excluding hydrogens is 272 g/mol. The second-order valence-corrected chi connectivity index (χ2v) is 4.39. The topological polar surface area (TPSA) is 88.5 Å². The Morgan fingerprint density at radius 2 is 1.90 bits per heavy atom. The predicted molar refractivity (Wildman–Crippen MR) is 76.5 cm³/mol. The van der Waals surface area contributed by atoms with Crippen LogP contribution in [0.15, 0.2) is 42.6 Å². The SMILES string of the molecule is Cc1ccc(OCC(=O)Nc2ccc(C(=O)O)cn2)cc1. The van der Waals surface area contributed by atoms with Crippen molar-refractivity contribution in [1.82, 2.24) is 4.98 Å². The minimum absolute atomic E-state index is 0.0592. The summed E-state index contributed by atoms with van der Waals surface area (Å²) in [5.41, 5.74) is 1.17. The average molecular weight is 286 g/mol. The number of anilines is 1. The van der Waals surface area contributed by atoms with Crippen LogP contribution >= 0.6 is 0 Å². The molecule has 0 atom stereocenters. The van der Waals surface area contributed by atoms with Gasteiger partial charge in [0.1, 0.15) is 11.6 Å². The largest absolute Gasteiger partial charge is 0.484 e. The van der Waals surface area contributed by atoms with E-state index in [0.717, 1.165) is 5.56 Å². The Morgan fingerprint density at radius 3 is 2.48 bits per heavy atom. The molecule has 108 valence electrons. The normalized spacial score (nSPS) is 9.95. The lowest BCUT2D eigenvalue weighted by molar-refractivity contribution is -0.118. The maximum absolute atomic E-state index is 11.7. The first-order chi connectivity index (χ1) is 10.0. The van der Waals surface area contributed by atoms with Crippen LogP contribution in [0.3, 0.4) is 0 Å². The van der Waals surface area contributed by atoms with Gasteiger partial charge in [-0.3, -0.25) is 4.79 Å². The van der Waals surface area contributed by atoms with Crippen molar-refractivity contribution in [2.75, 3.05) is 11.9 Å². The van der Waals surface area contributed by atoms with Crippen molar-refractivity contribution in [1.29, 1.82) is 0 Å². The Hall–Kier alpha value is -2.89. The maximum atomic E-state index is 11.7. The molecule has 0 aliphatic heterocycles. The van der Waals surface area contributed by atoms with E-state index in [1.807, 2.05) is 19.1 Å². The van der Waals surface area contributed by atoms with Gasteiger partial charge >= 0.3 is 5.97 Å². The highest BCUT2D eigenvalue weighted by atomic mass is 16.5. The van der Waals surface area contributed by atoms with Gasteiger partial charge in [-0.2, -0.15) is 0 Å². The van der Waals surface area contributed by atoms with Gasteiger partial charge in [0.15, 0.2) is 6.61 Å². The highest BCUT2D eigenvalue weighted by Crippen LogP contribution is 2.11. The first-order valence-corrected chi connectivity index (χ1v) is 6.23. The van der Waals surface area contributed by atoms with E-state index in [-0.39, 0.29) is 23.9 Å². The number of amides is 1. The Balaban J connectivity index is 1.86. The van der Waals surface area contributed by atoms with Crippen LogP contribution in [0, 0.1) is 6.92 Å². The molecule has 1 aromatic heterocycles. The van der Waals surface area contributed by atoms with Crippen LogP contribution in [-0.2, 0) is 4.79 Å². The molecule has 6 heteroatoms. The van der Waals surface area contributed by atoms with Gasteiger partial charge in [-0.15, -0.1) is 0 Å². The summed E-state index contributed by atoms with van der Waals surface area (Å²) in [6.45, 7) is 1.81. The van der Waals surface area contributed by atoms with Crippen LogP contribution in [-0.4, -0.2) is 28.6 Å². The molecule has 1 aromatic carbocycles. The average Bonchev–Trinajstić information content (AvgIpc) is 2.47. The number of carboxylic acid groups (broad SMARTS) is 1. The summed E-state index contributed by atoms with van der Waals surface area (Å²) in [7, 11) is 0. The molecule has 0 spiro atoms. The molecule has 0 aliphatic carbocycles. The fraction of sp³-hybridized carbons (Fsp3) is 0.133. The number of hydrogen-bond acceptors (Lipinski definition) is 4. The molecule has 2 aromatic rings. The molecule has 0 saturated carbocycles. The van der Waals surface area contributed by atoms with E-state index >= 15 is 0 Å². The van der Waals surface area contributed by atoms with Crippen LogP contribution in [0.5, 0.6) is 5.75 Å². The number of ether oxygens (including phenoxy) is 1. The smallest absolute Gasteiger partial charge is 0.337 e. The molecule has 0 saturated heterocycles. The summed E-state index contributed by atoms with van der Waals surface area (Å²) < 4.78 is 5.32. The fourth-order valence-electron chi connectivity index (χ4n) is 1.56. The Bertz CT molecular complexity index is 636. The van der Waals surface area contributed by atoms with Crippen molar-refractivity contribution in [3.63, 3.8) is 0 Å². The van der Waals surface area contributed by atoms with E-state index in [2.05, 4.69) is 10.3 Å². The number of aromatic nitrogens is 1. The number of aryl methyl sites for hydroxylation is 1. The number of carboxylic acids is 1. The summed E-state index contributed by atoms with van der Waals surface area (Å²) in [5, 5.41) is 11.3. The van der Waals surface area contributed by atoms with E-state index in [9.17, 15) is 9.59 Å². The molecule has 0 fully saturated rings. The summed E-state index contributed by atoms with van der Waals surface area (Å²) in [5.74, 6) is -0.559. The first-order valence-electron chi connectivity index (χ1n) is 6.23. The molecule has 0 radical (unpaired) electrons. The zero-order valence-electron chi connectivity index (χ0n) is 11.4. The predicted octanol–water partition coefficient (Wildman–Crippen LogP) is 2.11. The van der Waals surface area contributed by atoms with Gasteiger partial charge in [-0.25, -0.2) is 9.78 Å². The van der Waals surface area contributed by atoms with E-state index in [4.69, 9.17) is 9.84 Å². The number of aromatic carboxylic acids is 1. The standard InChI is InChI=1S/C15H14N2O4/c1-10-2-5-12(6-3-10)21-9-14(18)17-13-7-4-11(8-16-13)15(19)20/h2-8H,9H2,1H3,(H,19,20)(H,16,17,18). The summed E-state index contributed by atoms with van der Waals surface area (Å²) in [4.78, 5) is 26.2. The number of carbonyl (C=O) groups is 2. The lowest BCUT2D eigenvalue weighted by Crippen LogP contribution is -2.20. The molecule has 1 heterocycles. The molecule has 0 unspecified atom stereocenters. The van der Waals surface area contributed by atoms with Crippen LogP contribution in [0.4, 0.5) is 5.82 Å². The third-order valence-corrected chi connectivity index (χ3v) is 2.67. The van der Waals surface area contributed by atoms with Gasteiger partial charge < -0.3 is 15.2 Å². The van der Waals surface area contributed by atoms with E-state index < -0.39 is 5.97 Å². The zero-order valence-corrected chi connectivity index (χ0v) is 11.4. The van der Waals surface area contributed by atoms with Gasteiger partial charge in [0.05, 0.1) is 5.56 Å². The third-order valence-electron chi connectivity index (χ3n) is 2.67. The Labute approximate surface area is 121 Å². The van der Waals surface area contributed by atoms with Gasteiger partial charge in [0, 0.05) is 6.20 Å². The number of carbonyl (C=O) groups excluding carboxylic acids is 1. The maximum Gasteiger partial charge on any atom is 0.337 e. The lowest BCUT2D eigenvalue weighted by atomic mass is 10.2. The van der Waals surface area contributed by atoms with E-state index in [1.165, 1.54) is 18.3 Å². The molecule has 0 aliphatic rings. The van der Waals surface area contributed by atoms with E-state index in [0.29, 0.717) is 5.75 Å². The molecule has 1 amide bonds. The van der Waals surface area contributed by atoms with Crippen molar-refractivity contribution in [2.24, 2.45) is 0 Å². The monoisotopic (exact) mass is 286 g/mol. The second-order valence-electron chi connectivity index (χ2n) is 4.39.